The van der Waals surface area contributed by atoms with Crippen LogP contribution in [-0.2, 0) is 4.79 Å². The molecule has 0 saturated carbocycles. The summed E-state index contributed by atoms with van der Waals surface area (Å²) < 4.78 is 0. The number of hydrogen-bond acceptors (Lipinski definition) is 4. The fourth-order valence-corrected chi connectivity index (χ4v) is 1.91. The molecule has 0 unspecified atom stereocenters. The number of benzene rings is 1. The summed E-state index contributed by atoms with van der Waals surface area (Å²) in [5.74, 6) is -0.0333. The van der Waals surface area contributed by atoms with Crippen molar-refractivity contribution in [3.8, 4) is 0 Å². The molecule has 0 aliphatic heterocycles. The van der Waals surface area contributed by atoms with Crippen molar-refractivity contribution in [2.24, 2.45) is 0 Å². The van der Waals surface area contributed by atoms with Gasteiger partial charge in [0.05, 0.1) is 6.54 Å². The molecule has 2 aromatic rings. The average molecular weight is 258 g/mol. The summed E-state index contributed by atoms with van der Waals surface area (Å²) in [6, 6.07) is 5.71. The number of aromatic nitrogens is 1. The van der Waals surface area contributed by atoms with Gasteiger partial charge in [-0.1, -0.05) is 0 Å². The van der Waals surface area contributed by atoms with Gasteiger partial charge in [-0.3, -0.25) is 9.78 Å². The van der Waals surface area contributed by atoms with Gasteiger partial charge in [0.2, 0.25) is 5.91 Å². The van der Waals surface area contributed by atoms with E-state index in [0.717, 1.165) is 16.5 Å². The number of nitrogens with zero attached hydrogens (tertiary/aromatic N) is 1. The first-order chi connectivity index (χ1) is 9.08. The predicted molar refractivity (Wildman–Crippen MR) is 77.9 cm³/mol. The molecule has 0 spiro atoms. The second kappa shape index (κ2) is 5.56. The predicted octanol–water partition coefficient (Wildman–Crippen LogP) is 1.75. The van der Waals surface area contributed by atoms with E-state index in [-0.39, 0.29) is 18.5 Å². The van der Waals surface area contributed by atoms with Gasteiger partial charge in [0.15, 0.2) is 0 Å². The standard InChI is InChI=1S/C14H18N4O/c1-9(2)18-14(19)8-17-13-4-3-12(15)11-7-16-6-5-10(11)13/h3-7,9,17H,8,15H2,1-2H3,(H,18,19). The minimum atomic E-state index is -0.0333. The van der Waals surface area contributed by atoms with Crippen molar-refractivity contribution in [2.45, 2.75) is 19.9 Å². The number of nitrogens with two attached hydrogens (primary N) is 1. The molecule has 2 rings (SSSR count). The van der Waals surface area contributed by atoms with Gasteiger partial charge < -0.3 is 16.4 Å². The van der Waals surface area contributed by atoms with E-state index in [0.29, 0.717) is 5.69 Å². The van der Waals surface area contributed by atoms with Crippen LogP contribution in [0.2, 0.25) is 0 Å². The van der Waals surface area contributed by atoms with Crippen LogP contribution >= 0.6 is 0 Å². The highest BCUT2D eigenvalue weighted by molar-refractivity contribution is 6.01. The van der Waals surface area contributed by atoms with Crippen LogP contribution < -0.4 is 16.4 Å². The van der Waals surface area contributed by atoms with E-state index < -0.39 is 0 Å². The number of nitrogen functional groups attached to an aromatic ring is 1. The number of rotatable bonds is 4. The van der Waals surface area contributed by atoms with Gasteiger partial charge in [0.25, 0.3) is 0 Å². The Hall–Kier alpha value is -2.30. The largest absolute Gasteiger partial charge is 0.398 e. The Morgan fingerprint density at radius 3 is 2.84 bits per heavy atom. The summed E-state index contributed by atoms with van der Waals surface area (Å²) in [7, 11) is 0. The van der Waals surface area contributed by atoms with Crippen molar-refractivity contribution < 1.29 is 4.79 Å². The highest BCUT2D eigenvalue weighted by Crippen LogP contribution is 2.27. The second-order valence-corrected chi connectivity index (χ2v) is 4.70. The summed E-state index contributed by atoms with van der Waals surface area (Å²) in [4.78, 5) is 15.7. The maximum atomic E-state index is 11.6. The monoisotopic (exact) mass is 258 g/mol. The SMILES string of the molecule is CC(C)NC(=O)CNc1ccc(N)c2cnccc12. The molecule has 1 amide bonds. The van der Waals surface area contributed by atoms with E-state index >= 15 is 0 Å². The number of carbonyl (C=O) groups is 1. The lowest BCUT2D eigenvalue weighted by Gasteiger charge is -2.12. The van der Waals surface area contributed by atoms with Crippen molar-refractivity contribution in [3.63, 3.8) is 0 Å². The van der Waals surface area contributed by atoms with Gasteiger partial charge in [0, 0.05) is 40.6 Å². The van der Waals surface area contributed by atoms with Gasteiger partial charge in [-0.15, -0.1) is 0 Å². The van der Waals surface area contributed by atoms with E-state index in [1.165, 1.54) is 0 Å². The molecule has 0 fully saturated rings. The van der Waals surface area contributed by atoms with Crippen LogP contribution in [0.1, 0.15) is 13.8 Å². The highest BCUT2D eigenvalue weighted by Gasteiger charge is 2.06. The number of anilines is 2. The second-order valence-electron chi connectivity index (χ2n) is 4.70. The molecule has 0 radical (unpaired) electrons. The van der Waals surface area contributed by atoms with E-state index in [1.54, 1.807) is 12.4 Å². The number of pyridine rings is 1. The van der Waals surface area contributed by atoms with Gasteiger partial charge in [0.1, 0.15) is 0 Å². The Kier molecular flexibility index (Phi) is 3.85. The molecule has 4 N–H and O–H groups in total. The molecular weight excluding hydrogens is 240 g/mol. The lowest BCUT2D eigenvalue weighted by atomic mass is 10.1. The first-order valence-corrected chi connectivity index (χ1v) is 6.23. The Bertz CT molecular complexity index is 595. The molecule has 1 aromatic heterocycles. The summed E-state index contributed by atoms with van der Waals surface area (Å²) in [6.45, 7) is 4.10. The zero-order valence-electron chi connectivity index (χ0n) is 11.1. The molecule has 0 saturated heterocycles. The number of nitrogens with one attached hydrogen (secondary N) is 2. The molecule has 1 aromatic carbocycles. The van der Waals surface area contributed by atoms with E-state index in [9.17, 15) is 4.79 Å². The van der Waals surface area contributed by atoms with Crippen molar-refractivity contribution in [2.75, 3.05) is 17.6 Å². The Morgan fingerprint density at radius 2 is 2.11 bits per heavy atom. The average Bonchev–Trinajstić information content (AvgIpc) is 2.37. The van der Waals surface area contributed by atoms with Gasteiger partial charge in [-0.05, 0) is 32.0 Å². The molecule has 0 atom stereocenters. The number of carbonyl (C=O) groups excluding carboxylic acids is 1. The molecular formula is C14H18N4O. The van der Waals surface area contributed by atoms with Crippen LogP contribution in [-0.4, -0.2) is 23.5 Å². The van der Waals surface area contributed by atoms with Crippen molar-refractivity contribution in [1.82, 2.24) is 10.3 Å². The minimum absolute atomic E-state index is 0.0333. The third-order valence-corrected chi connectivity index (χ3v) is 2.74. The zero-order chi connectivity index (χ0) is 13.8. The van der Waals surface area contributed by atoms with Crippen LogP contribution in [0, 0.1) is 0 Å². The third kappa shape index (κ3) is 3.13. The molecule has 5 heteroatoms. The van der Waals surface area contributed by atoms with E-state index in [1.807, 2.05) is 32.0 Å². The number of hydrogen-bond donors (Lipinski definition) is 3. The molecule has 0 aliphatic rings. The summed E-state index contributed by atoms with van der Waals surface area (Å²) in [5.41, 5.74) is 7.46. The quantitative estimate of drug-likeness (QED) is 0.730. The van der Waals surface area contributed by atoms with Crippen LogP contribution in [0.5, 0.6) is 0 Å². The molecule has 100 valence electrons. The Labute approximate surface area is 112 Å². The highest BCUT2D eigenvalue weighted by atomic mass is 16.1. The Morgan fingerprint density at radius 1 is 1.32 bits per heavy atom. The van der Waals surface area contributed by atoms with Gasteiger partial charge in [-0.2, -0.15) is 0 Å². The smallest absolute Gasteiger partial charge is 0.239 e. The Balaban J connectivity index is 2.17. The molecule has 19 heavy (non-hydrogen) atoms. The summed E-state index contributed by atoms with van der Waals surface area (Å²) in [5, 5.41) is 7.81. The van der Waals surface area contributed by atoms with Crippen LogP contribution in [0.3, 0.4) is 0 Å². The molecule has 5 nitrogen and oxygen atoms in total. The first kappa shape index (κ1) is 13.1. The summed E-state index contributed by atoms with van der Waals surface area (Å²) >= 11 is 0. The fourth-order valence-electron chi connectivity index (χ4n) is 1.91. The van der Waals surface area contributed by atoms with E-state index in [2.05, 4.69) is 15.6 Å². The lowest BCUT2D eigenvalue weighted by molar-refractivity contribution is -0.119. The van der Waals surface area contributed by atoms with Crippen LogP contribution in [0.15, 0.2) is 30.6 Å². The summed E-state index contributed by atoms with van der Waals surface area (Å²) in [6.07, 6.45) is 3.44. The van der Waals surface area contributed by atoms with Crippen LogP contribution in [0.25, 0.3) is 10.8 Å². The number of fused-ring (bicyclic) bond motifs is 1. The lowest BCUT2D eigenvalue weighted by Crippen LogP contribution is -2.34. The molecule has 1 heterocycles. The number of amides is 1. The normalized spacial score (nSPS) is 10.7. The molecule has 0 aliphatic carbocycles. The maximum Gasteiger partial charge on any atom is 0.239 e. The fraction of sp³-hybridized carbons (Fsp3) is 0.286. The van der Waals surface area contributed by atoms with Crippen molar-refractivity contribution >= 4 is 28.1 Å². The maximum absolute atomic E-state index is 11.6. The molecule has 0 bridgehead atoms. The van der Waals surface area contributed by atoms with Gasteiger partial charge in [-0.25, -0.2) is 0 Å². The van der Waals surface area contributed by atoms with Crippen molar-refractivity contribution in [1.29, 1.82) is 0 Å². The van der Waals surface area contributed by atoms with Crippen molar-refractivity contribution in [3.05, 3.63) is 30.6 Å². The van der Waals surface area contributed by atoms with Crippen LogP contribution in [0.4, 0.5) is 11.4 Å². The zero-order valence-corrected chi connectivity index (χ0v) is 11.1. The van der Waals surface area contributed by atoms with Gasteiger partial charge >= 0.3 is 0 Å². The first-order valence-electron chi connectivity index (χ1n) is 6.23. The third-order valence-electron chi connectivity index (χ3n) is 2.74. The van der Waals surface area contributed by atoms with E-state index in [4.69, 9.17) is 5.73 Å². The topological polar surface area (TPSA) is 80.0 Å². The minimum Gasteiger partial charge on any atom is -0.398 e.